The molecule has 0 heterocycles. The van der Waals surface area contributed by atoms with E-state index in [-0.39, 0.29) is 11.5 Å². The topological polar surface area (TPSA) is 80.4 Å². The summed E-state index contributed by atoms with van der Waals surface area (Å²) in [4.78, 5) is 20.9. The van der Waals surface area contributed by atoms with Crippen molar-refractivity contribution in [2.45, 2.75) is 19.4 Å². The van der Waals surface area contributed by atoms with E-state index in [0.29, 0.717) is 5.75 Å². The average molecular weight is 177 g/mol. The Morgan fingerprint density at radius 1 is 1.64 bits per heavy atom. The lowest BCUT2D eigenvalue weighted by Crippen LogP contribution is -2.31. The third kappa shape index (κ3) is 4.80. The third-order valence-electron chi connectivity index (χ3n) is 1.01. The summed E-state index contributed by atoms with van der Waals surface area (Å²) in [6, 6.07) is -1.05. The van der Waals surface area contributed by atoms with Gasteiger partial charge in [-0.2, -0.15) is 0 Å². The fourth-order valence-electron chi connectivity index (χ4n) is 0.487. The van der Waals surface area contributed by atoms with E-state index in [4.69, 9.17) is 10.8 Å². The number of aliphatic carboxylic acids is 1. The van der Waals surface area contributed by atoms with Gasteiger partial charge in [-0.3, -0.25) is 9.59 Å². The molecule has 0 aromatic rings. The van der Waals surface area contributed by atoms with Gasteiger partial charge in [0.05, 0.1) is 0 Å². The lowest BCUT2D eigenvalue weighted by molar-refractivity contribution is -0.139. The molecule has 0 rings (SSSR count). The van der Waals surface area contributed by atoms with Crippen LogP contribution in [0.1, 0.15) is 13.3 Å². The molecule has 0 saturated carbocycles. The molecule has 0 spiro atoms. The van der Waals surface area contributed by atoms with Gasteiger partial charge in [-0.15, -0.1) is 0 Å². The van der Waals surface area contributed by atoms with Gasteiger partial charge in [0.1, 0.15) is 6.04 Å². The third-order valence-corrected chi connectivity index (χ3v) is 1.79. The van der Waals surface area contributed by atoms with Crippen LogP contribution in [0, 0.1) is 0 Å². The number of rotatable bonds is 4. The molecule has 1 atom stereocenters. The number of hydrogen-bond donors (Lipinski definition) is 2. The van der Waals surface area contributed by atoms with Crippen molar-refractivity contribution in [3.8, 4) is 0 Å². The Morgan fingerprint density at radius 2 is 2.18 bits per heavy atom. The fraction of sp³-hybridized carbons (Fsp3) is 0.667. The summed E-state index contributed by atoms with van der Waals surface area (Å²) >= 11 is 1.09. The van der Waals surface area contributed by atoms with Crippen molar-refractivity contribution < 1.29 is 14.7 Å². The van der Waals surface area contributed by atoms with Gasteiger partial charge in [0.15, 0.2) is 5.12 Å². The second-order valence-electron chi connectivity index (χ2n) is 1.95. The summed E-state index contributed by atoms with van der Waals surface area (Å²) in [7, 11) is 0. The summed E-state index contributed by atoms with van der Waals surface area (Å²) < 4.78 is 0. The molecule has 0 aliphatic rings. The van der Waals surface area contributed by atoms with Crippen molar-refractivity contribution in [3.05, 3.63) is 0 Å². The Morgan fingerprint density at radius 3 is 2.55 bits per heavy atom. The second kappa shape index (κ2) is 5.15. The van der Waals surface area contributed by atoms with Gasteiger partial charge in [-0.1, -0.05) is 18.7 Å². The van der Waals surface area contributed by atoms with Crippen molar-refractivity contribution in [2.75, 3.05) is 5.75 Å². The predicted octanol–water partition coefficient (Wildman–Crippen LogP) is 0.0681. The molecule has 0 amide bonds. The summed E-state index contributed by atoms with van der Waals surface area (Å²) in [6.07, 6.45) is -0.0894. The quantitative estimate of drug-likeness (QED) is 0.635. The minimum absolute atomic E-state index is 0.0894. The van der Waals surface area contributed by atoms with Gasteiger partial charge < -0.3 is 10.8 Å². The van der Waals surface area contributed by atoms with Crippen molar-refractivity contribution in [1.82, 2.24) is 0 Å². The van der Waals surface area contributed by atoms with Gasteiger partial charge in [0, 0.05) is 6.42 Å². The van der Waals surface area contributed by atoms with E-state index in [0.717, 1.165) is 11.8 Å². The minimum atomic E-state index is -1.13. The van der Waals surface area contributed by atoms with Crippen molar-refractivity contribution in [1.29, 1.82) is 0 Å². The van der Waals surface area contributed by atoms with E-state index < -0.39 is 12.0 Å². The van der Waals surface area contributed by atoms with Crippen molar-refractivity contribution in [3.63, 3.8) is 0 Å². The summed E-state index contributed by atoms with van der Waals surface area (Å²) in [5, 5.41) is 8.15. The molecule has 3 N–H and O–H groups in total. The highest BCUT2D eigenvalue weighted by Crippen LogP contribution is 2.05. The molecule has 0 aromatic carbocycles. The summed E-state index contributed by atoms with van der Waals surface area (Å²) in [6.45, 7) is 1.83. The van der Waals surface area contributed by atoms with E-state index in [9.17, 15) is 9.59 Å². The molecule has 11 heavy (non-hydrogen) atoms. The van der Waals surface area contributed by atoms with Crippen LogP contribution in [-0.2, 0) is 9.59 Å². The molecule has 0 aliphatic carbocycles. The predicted molar refractivity (Wildman–Crippen MR) is 43.4 cm³/mol. The zero-order valence-electron chi connectivity index (χ0n) is 6.24. The van der Waals surface area contributed by atoms with E-state index >= 15 is 0 Å². The Kier molecular flexibility index (Phi) is 4.89. The van der Waals surface area contributed by atoms with Crippen LogP contribution >= 0.6 is 11.8 Å². The molecule has 0 aromatic heterocycles. The van der Waals surface area contributed by atoms with Gasteiger partial charge in [-0.05, 0) is 5.75 Å². The maximum atomic E-state index is 10.8. The first-order valence-electron chi connectivity index (χ1n) is 3.22. The first kappa shape index (κ1) is 10.4. The number of carboxylic acids is 1. The molecule has 0 saturated heterocycles. The zero-order chi connectivity index (χ0) is 8.85. The number of carboxylic acid groups (broad SMARTS) is 1. The molecule has 0 fully saturated rings. The molecule has 4 nitrogen and oxygen atoms in total. The molecular weight excluding hydrogens is 166 g/mol. The van der Waals surface area contributed by atoms with Gasteiger partial charge in [0.25, 0.3) is 0 Å². The second-order valence-corrected chi connectivity index (χ2v) is 3.28. The first-order chi connectivity index (χ1) is 5.07. The lowest BCUT2D eigenvalue weighted by atomic mass is 10.2. The largest absolute Gasteiger partial charge is 0.480 e. The number of carbonyl (C=O) groups excluding carboxylic acids is 1. The minimum Gasteiger partial charge on any atom is -0.480 e. The number of nitrogens with two attached hydrogens (primary N) is 1. The van der Waals surface area contributed by atoms with Crippen LogP contribution in [-0.4, -0.2) is 28.0 Å². The van der Waals surface area contributed by atoms with Gasteiger partial charge in [0.2, 0.25) is 0 Å². The van der Waals surface area contributed by atoms with Crippen LogP contribution in [0.25, 0.3) is 0 Å². The van der Waals surface area contributed by atoms with Gasteiger partial charge >= 0.3 is 5.97 Å². The number of carbonyl (C=O) groups is 2. The summed E-state index contributed by atoms with van der Waals surface area (Å²) in [5.41, 5.74) is 5.11. The Bertz CT molecular complexity index is 160. The SMILES string of the molecule is CCSC(=O)C[C@H](N)C(=O)O. The Hall–Kier alpha value is -0.550. The normalized spacial score (nSPS) is 12.5. The molecule has 0 unspecified atom stereocenters. The monoisotopic (exact) mass is 177 g/mol. The van der Waals surface area contributed by atoms with E-state index in [1.165, 1.54) is 0 Å². The van der Waals surface area contributed by atoms with Gasteiger partial charge in [-0.25, -0.2) is 0 Å². The van der Waals surface area contributed by atoms with Crippen LogP contribution in [0.5, 0.6) is 0 Å². The highest BCUT2D eigenvalue weighted by Gasteiger charge is 2.15. The zero-order valence-corrected chi connectivity index (χ0v) is 7.06. The van der Waals surface area contributed by atoms with Crippen LogP contribution in [0.2, 0.25) is 0 Å². The molecule has 5 heteroatoms. The molecule has 0 aliphatic heterocycles. The maximum absolute atomic E-state index is 10.8. The van der Waals surface area contributed by atoms with E-state index in [1.807, 2.05) is 6.92 Å². The van der Waals surface area contributed by atoms with Crippen molar-refractivity contribution >= 4 is 22.8 Å². The molecule has 64 valence electrons. The van der Waals surface area contributed by atoms with Crippen LogP contribution in [0.4, 0.5) is 0 Å². The fourth-order valence-corrected chi connectivity index (χ4v) is 1.11. The standard InChI is InChI=1S/C6H11NO3S/c1-2-11-5(8)3-4(7)6(9)10/h4H,2-3,7H2,1H3,(H,9,10)/t4-/m0/s1. The molecule has 0 bridgehead atoms. The van der Waals surface area contributed by atoms with Crippen LogP contribution < -0.4 is 5.73 Å². The molecular formula is C6H11NO3S. The lowest BCUT2D eigenvalue weighted by Gasteiger charge is -2.02. The Balaban J connectivity index is 3.66. The highest BCUT2D eigenvalue weighted by molar-refractivity contribution is 8.13. The molecule has 0 radical (unpaired) electrons. The Labute approximate surface area is 69.1 Å². The van der Waals surface area contributed by atoms with Crippen molar-refractivity contribution in [2.24, 2.45) is 5.73 Å². The van der Waals surface area contributed by atoms with Crippen LogP contribution in [0.15, 0.2) is 0 Å². The number of hydrogen-bond acceptors (Lipinski definition) is 4. The average Bonchev–Trinajstić information content (AvgIpc) is 1.87. The van der Waals surface area contributed by atoms with Crippen LogP contribution in [0.3, 0.4) is 0 Å². The smallest absolute Gasteiger partial charge is 0.320 e. The highest BCUT2D eigenvalue weighted by atomic mass is 32.2. The first-order valence-corrected chi connectivity index (χ1v) is 4.20. The number of thioether (sulfide) groups is 1. The summed E-state index contributed by atoms with van der Waals surface area (Å²) in [5.74, 6) is -0.472. The van der Waals surface area contributed by atoms with E-state index in [2.05, 4.69) is 0 Å². The maximum Gasteiger partial charge on any atom is 0.320 e. The van der Waals surface area contributed by atoms with E-state index in [1.54, 1.807) is 0 Å².